The van der Waals surface area contributed by atoms with Gasteiger partial charge in [-0.05, 0) is 11.1 Å². The van der Waals surface area contributed by atoms with Crippen molar-refractivity contribution in [1.82, 2.24) is 9.13 Å². The second-order valence-electron chi connectivity index (χ2n) is 6.82. The molecule has 4 rings (SSSR count). The van der Waals surface area contributed by atoms with Gasteiger partial charge in [-0.15, -0.1) is 0 Å². The molecule has 1 aromatic heterocycles. The summed E-state index contributed by atoms with van der Waals surface area (Å²) in [6.07, 6.45) is 0.0463. The average molecular weight is 389 g/mol. The molecule has 0 aliphatic carbocycles. The molecule has 7 heteroatoms. The van der Waals surface area contributed by atoms with E-state index in [0.29, 0.717) is 5.56 Å². The molecule has 0 saturated heterocycles. The number of esters is 1. The Kier molecular flexibility index (Phi) is 4.95. The van der Waals surface area contributed by atoms with Gasteiger partial charge < -0.3 is 4.74 Å². The third kappa shape index (κ3) is 3.67. The maximum absolute atomic E-state index is 12.9. The molecule has 2 heterocycles. The first kappa shape index (κ1) is 18.6. The van der Waals surface area contributed by atoms with Crippen LogP contribution in [0, 0.1) is 0 Å². The molecule has 7 nitrogen and oxygen atoms in total. The minimum atomic E-state index is -0.591. The summed E-state index contributed by atoms with van der Waals surface area (Å²) in [6, 6.07) is 18.6. The first-order valence-corrected chi connectivity index (χ1v) is 9.20. The smallest absolute Gasteiger partial charge is 0.353 e. The van der Waals surface area contributed by atoms with Crippen molar-refractivity contribution in [3.8, 4) is 0 Å². The summed E-state index contributed by atoms with van der Waals surface area (Å²) >= 11 is 0. The van der Waals surface area contributed by atoms with Crippen molar-refractivity contribution >= 4 is 17.5 Å². The molecule has 29 heavy (non-hydrogen) atoms. The SMILES string of the molecule is Cn1c2c(c(=O)n(Cc3ccccc3)c1=O)CC(C(=O)OCc1ccccc1)=N2. The number of ether oxygens (including phenoxy) is 1. The fourth-order valence-electron chi connectivity index (χ4n) is 3.28. The second kappa shape index (κ2) is 7.71. The topological polar surface area (TPSA) is 82.7 Å². The van der Waals surface area contributed by atoms with Crippen LogP contribution in [-0.2, 0) is 36.2 Å². The van der Waals surface area contributed by atoms with Gasteiger partial charge in [-0.2, -0.15) is 0 Å². The summed E-state index contributed by atoms with van der Waals surface area (Å²) in [5.74, 6) is -0.373. The third-order valence-corrected chi connectivity index (χ3v) is 4.83. The van der Waals surface area contributed by atoms with E-state index in [2.05, 4.69) is 4.99 Å². The van der Waals surface area contributed by atoms with Gasteiger partial charge >= 0.3 is 11.7 Å². The molecule has 0 unspecified atom stereocenters. The van der Waals surface area contributed by atoms with Crippen LogP contribution in [0.15, 0.2) is 75.2 Å². The van der Waals surface area contributed by atoms with Crippen LogP contribution in [0.3, 0.4) is 0 Å². The van der Waals surface area contributed by atoms with E-state index >= 15 is 0 Å². The Labute approximate surface area is 166 Å². The minimum Gasteiger partial charge on any atom is -0.456 e. The van der Waals surface area contributed by atoms with Crippen LogP contribution in [0.5, 0.6) is 0 Å². The molecule has 146 valence electrons. The van der Waals surface area contributed by atoms with Crippen molar-refractivity contribution in [2.75, 3.05) is 0 Å². The molecule has 0 spiro atoms. The Morgan fingerprint density at radius 3 is 2.28 bits per heavy atom. The zero-order valence-electron chi connectivity index (χ0n) is 15.9. The van der Waals surface area contributed by atoms with Crippen LogP contribution >= 0.6 is 0 Å². The Balaban J connectivity index is 1.58. The van der Waals surface area contributed by atoms with Crippen LogP contribution in [0.1, 0.15) is 16.7 Å². The number of hydrogen-bond acceptors (Lipinski definition) is 5. The number of nitrogens with zero attached hydrogens (tertiary/aromatic N) is 3. The van der Waals surface area contributed by atoms with Gasteiger partial charge in [0.05, 0.1) is 12.1 Å². The lowest BCUT2D eigenvalue weighted by Crippen LogP contribution is -2.40. The summed E-state index contributed by atoms with van der Waals surface area (Å²) < 4.78 is 7.78. The number of carbonyl (C=O) groups excluding carboxylic acids is 1. The van der Waals surface area contributed by atoms with E-state index in [1.165, 1.54) is 9.13 Å². The predicted octanol–water partition coefficient (Wildman–Crippen LogP) is 1.97. The normalized spacial score (nSPS) is 12.4. The summed E-state index contributed by atoms with van der Waals surface area (Å²) in [5, 5.41) is 0. The Morgan fingerprint density at radius 1 is 1.00 bits per heavy atom. The summed E-state index contributed by atoms with van der Waals surface area (Å²) in [6.45, 7) is 0.277. The minimum absolute atomic E-state index is 0.0463. The van der Waals surface area contributed by atoms with Crippen LogP contribution in [0.2, 0.25) is 0 Å². The highest BCUT2D eigenvalue weighted by atomic mass is 16.5. The van der Waals surface area contributed by atoms with Crippen LogP contribution in [0.25, 0.3) is 0 Å². The van der Waals surface area contributed by atoms with Crippen molar-refractivity contribution < 1.29 is 9.53 Å². The molecular formula is C22H19N3O4. The van der Waals surface area contributed by atoms with Gasteiger partial charge in [0.15, 0.2) is 0 Å². The lowest BCUT2D eigenvalue weighted by molar-refractivity contribution is -0.136. The number of aliphatic imine (C=N–C) groups is 1. The van der Waals surface area contributed by atoms with Gasteiger partial charge in [-0.25, -0.2) is 14.6 Å². The van der Waals surface area contributed by atoms with Gasteiger partial charge in [-0.1, -0.05) is 60.7 Å². The van der Waals surface area contributed by atoms with Gasteiger partial charge in [0.1, 0.15) is 18.1 Å². The van der Waals surface area contributed by atoms with E-state index in [9.17, 15) is 14.4 Å². The number of carbonyl (C=O) groups is 1. The van der Waals surface area contributed by atoms with E-state index < -0.39 is 17.2 Å². The monoisotopic (exact) mass is 389 g/mol. The predicted molar refractivity (Wildman–Crippen MR) is 109 cm³/mol. The molecule has 0 amide bonds. The van der Waals surface area contributed by atoms with Crippen molar-refractivity contribution in [2.24, 2.45) is 12.0 Å². The van der Waals surface area contributed by atoms with Gasteiger partial charge in [0.2, 0.25) is 0 Å². The second-order valence-corrected chi connectivity index (χ2v) is 6.82. The fourth-order valence-corrected chi connectivity index (χ4v) is 3.28. The summed E-state index contributed by atoms with van der Waals surface area (Å²) in [7, 11) is 1.55. The highest BCUT2D eigenvalue weighted by Gasteiger charge is 2.28. The van der Waals surface area contributed by atoms with E-state index in [1.54, 1.807) is 7.05 Å². The van der Waals surface area contributed by atoms with E-state index in [4.69, 9.17) is 4.74 Å². The maximum atomic E-state index is 12.9. The number of rotatable bonds is 5. The Morgan fingerprint density at radius 2 is 1.62 bits per heavy atom. The number of aromatic nitrogens is 2. The zero-order chi connectivity index (χ0) is 20.4. The molecule has 0 saturated carbocycles. The number of benzene rings is 2. The van der Waals surface area contributed by atoms with Gasteiger partial charge in [-0.3, -0.25) is 13.9 Å². The highest BCUT2D eigenvalue weighted by Crippen LogP contribution is 2.22. The lowest BCUT2D eigenvalue weighted by atomic mass is 10.1. The fraction of sp³-hybridized carbons (Fsp3) is 0.182. The van der Waals surface area contributed by atoms with Gasteiger partial charge in [0, 0.05) is 13.5 Å². The molecule has 0 bridgehead atoms. The molecule has 1 aliphatic heterocycles. The zero-order valence-corrected chi connectivity index (χ0v) is 15.9. The molecule has 0 atom stereocenters. The number of fused-ring (bicyclic) bond motifs is 1. The highest BCUT2D eigenvalue weighted by molar-refractivity contribution is 6.38. The first-order chi connectivity index (χ1) is 14.0. The standard InChI is InChI=1S/C22H19N3O4/c1-24-19-17(20(26)25(22(24)28)13-15-8-4-2-5-9-15)12-18(23-19)21(27)29-14-16-10-6-3-7-11-16/h2-11H,12-14H2,1H3. The largest absolute Gasteiger partial charge is 0.456 e. The van der Waals surface area contributed by atoms with Gasteiger partial charge in [0.25, 0.3) is 5.56 Å². The van der Waals surface area contributed by atoms with Crippen LogP contribution in [-0.4, -0.2) is 20.8 Å². The molecule has 0 N–H and O–H groups in total. The van der Waals surface area contributed by atoms with Crippen molar-refractivity contribution in [3.63, 3.8) is 0 Å². The van der Waals surface area contributed by atoms with Crippen molar-refractivity contribution in [1.29, 1.82) is 0 Å². The molecule has 0 radical (unpaired) electrons. The third-order valence-electron chi connectivity index (χ3n) is 4.83. The first-order valence-electron chi connectivity index (χ1n) is 9.20. The van der Waals surface area contributed by atoms with Crippen molar-refractivity contribution in [3.05, 3.63) is 98.2 Å². The maximum Gasteiger partial charge on any atom is 0.353 e. The van der Waals surface area contributed by atoms with E-state index in [-0.39, 0.29) is 31.1 Å². The van der Waals surface area contributed by atoms with E-state index in [0.717, 1.165) is 11.1 Å². The summed E-state index contributed by atoms with van der Waals surface area (Å²) in [5.41, 5.74) is 1.25. The molecular weight excluding hydrogens is 370 g/mol. The number of hydrogen-bond donors (Lipinski definition) is 0. The lowest BCUT2D eigenvalue weighted by Gasteiger charge is -2.10. The Bertz CT molecular complexity index is 1210. The van der Waals surface area contributed by atoms with Crippen molar-refractivity contribution in [2.45, 2.75) is 19.6 Å². The quantitative estimate of drug-likeness (QED) is 0.625. The Hall–Kier alpha value is -3.74. The molecule has 3 aromatic rings. The van der Waals surface area contributed by atoms with Crippen LogP contribution < -0.4 is 11.2 Å². The van der Waals surface area contributed by atoms with Crippen LogP contribution in [0.4, 0.5) is 5.82 Å². The summed E-state index contributed by atoms with van der Waals surface area (Å²) in [4.78, 5) is 42.2. The molecule has 0 fully saturated rings. The average Bonchev–Trinajstić information content (AvgIpc) is 3.21. The molecule has 2 aromatic carbocycles. The van der Waals surface area contributed by atoms with E-state index in [1.807, 2.05) is 60.7 Å². The molecule has 1 aliphatic rings.